The minimum absolute atomic E-state index is 0.278. The van der Waals surface area contributed by atoms with E-state index in [1.54, 1.807) is 30.0 Å². The fourth-order valence-electron chi connectivity index (χ4n) is 1.96. The smallest absolute Gasteiger partial charge is 0.206 e. The zero-order valence-corrected chi connectivity index (χ0v) is 14.4. The molecule has 0 fully saturated rings. The molecule has 0 atom stereocenters. The third-order valence-corrected chi connectivity index (χ3v) is 5.07. The average Bonchev–Trinajstić information content (AvgIpc) is 3.07. The number of ether oxygens (including phenoxy) is 1. The Balaban J connectivity index is 1.40. The minimum Gasteiger partial charge on any atom is -0.490 e. The van der Waals surface area contributed by atoms with Gasteiger partial charge in [-0.05, 0) is 17.7 Å². The van der Waals surface area contributed by atoms with Gasteiger partial charge in [-0.1, -0.05) is 65.6 Å². The maximum atomic E-state index is 13.4. The van der Waals surface area contributed by atoms with E-state index in [0.717, 1.165) is 16.0 Å². The van der Waals surface area contributed by atoms with Crippen LogP contribution in [0.15, 0.2) is 58.9 Å². The number of nitrogens with one attached hydrogen (secondary N) is 1. The fourth-order valence-corrected chi connectivity index (χ4v) is 3.59. The van der Waals surface area contributed by atoms with Crippen LogP contribution in [0.2, 0.25) is 0 Å². The van der Waals surface area contributed by atoms with Crippen LogP contribution in [-0.4, -0.2) is 22.6 Å². The van der Waals surface area contributed by atoms with Crippen molar-refractivity contribution >= 4 is 28.2 Å². The SMILES string of the molecule is Fc1ccccc1OCCSc1nnc(NCc2ccccc2)s1. The molecule has 24 heavy (non-hydrogen) atoms. The normalized spacial score (nSPS) is 10.5. The van der Waals surface area contributed by atoms with Gasteiger partial charge in [-0.15, -0.1) is 10.2 Å². The predicted octanol–water partition coefficient (Wildman–Crippen LogP) is 4.46. The van der Waals surface area contributed by atoms with Crippen LogP contribution >= 0.6 is 23.1 Å². The number of hydrogen-bond donors (Lipinski definition) is 1. The molecule has 0 radical (unpaired) electrons. The van der Waals surface area contributed by atoms with Crippen LogP contribution in [0.1, 0.15) is 5.56 Å². The Bertz CT molecular complexity index is 767. The van der Waals surface area contributed by atoms with Crippen LogP contribution in [-0.2, 0) is 6.54 Å². The highest BCUT2D eigenvalue weighted by molar-refractivity contribution is 8.01. The second-order valence-corrected chi connectivity index (χ2v) is 7.16. The number of rotatable bonds is 8. The van der Waals surface area contributed by atoms with E-state index in [1.165, 1.54) is 23.0 Å². The summed E-state index contributed by atoms with van der Waals surface area (Å²) in [6.07, 6.45) is 0. The van der Waals surface area contributed by atoms with E-state index in [4.69, 9.17) is 4.74 Å². The van der Waals surface area contributed by atoms with Crippen molar-refractivity contribution in [1.29, 1.82) is 0 Å². The van der Waals surface area contributed by atoms with Crippen molar-refractivity contribution in [3.05, 3.63) is 66.0 Å². The number of anilines is 1. The number of benzene rings is 2. The highest BCUT2D eigenvalue weighted by atomic mass is 32.2. The van der Waals surface area contributed by atoms with Gasteiger partial charge in [-0.2, -0.15) is 0 Å². The molecule has 1 aromatic heterocycles. The lowest BCUT2D eigenvalue weighted by molar-refractivity contribution is 0.325. The summed E-state index contributed by atoms with van der Waals surface area (Å²) in [6.45, 7) is 1.13. The molecule has 3 rings (SSSR count). The molecule has 3 aromatic rings. The van der Waals surface area contributed by atoms with E-state index in [2.05, 4.69) is 27.6 Å². The van der Waals surface area contributed by atoms with E-state index in [9.17, 15) is 4.39 Å². The first-order chi connectivity index (χ1) is 11.8. The number of thioether (sulfide) groups is 1. The molecule has 0 aliphatic rings. The molecule has 0 amide bonds. The topological polar surface area (TPSA) is 47.0 Å². The first-order valence-electron chi connectivity index (χ1n) is 7.43. The van der Waals surface area contributed by atoms with Gasteiger partial charge in [0.15, 0.2) is 15.9 Å². The molecule has 0 aliphatic heterocycles. The molecule has 1 heterocycles. The van der Waals surface area contributed by atoms with Crippen LogP contribution in [0, 0.1) is 5.82 Å². The van der Waals surface area contributed by atoms with Crippen molar-refractivity contribution in [2.75, 3.05) is 17.7 Å². The lowest BCUT2D eigenvalue weighted by Crippen LogP contribution is -2.01. The molecule has 4 nitrogen and oxygen atoms in total. The summed E-state index contributed by atoms with van der Waals surface area (Å²) in [7, 11) is 0. The maximum absolute atomic E-state index is 13.4. The van der Waals surface area contributed by atoms with Gasteiger partial charge in [-0.3, -0.25) is 0 Å². The maximum Gasteiger partial charge on any atom is 0.206 e. The number of para-hydroxylation sites is 1. The number of aromatic nitrogens is 2. The second-order valence-electron chi connectivity index (χ2n) is 4.84. The Morgan fingerprint density at radius 3 is 2.67 bits per heavy atom. The molecular formula is C17H16FN3OS2. The van der Waals surface area contributed by atoms with Crippen LogP contribution < -0.4 is 10.1 Å². The van der Waals surface area contributed by atoms with Crippen molar-refractivity contribution in [3.8, 4) is 5.75 Å². The number of halogens is 1. The predicted molar refractivity (Wildman–Crippen MR) is 96.3 cm³/mol. The monoisotopic (exact) mass is 361 g/mol. The molecule has 7 heteroatoms. The Morgan fingerprint density at radius 2 is 1.83 bits per heavy atom. The van der Waals surface area contributed by atoms with Crippen molar-refractivity contribution in [3.63, 3.8) is 0 Å². The molecule has 0 spiro atoms. The molecule has 0 saturated heterocycles. The minimum atomic E-state index is -0.342. The van der Waals surface area contributed by atoms with Crippen molar-refractivity contribution < 1.29 is 9.13 Å². The number of nitrogens with zero attached hydrogens (tertiary/aromatic N) is 2. The van der Waals surface area contributed by atoms with E-state index >= 15 is 0 Å². The van der Waals surface area contributed by atoms with Gasteiger partial charge in [0.1, 0.15) is 0 Å². The molecule has 0 unspecified atom stereocenters. The Labute approximate surface area is 148 Å². The Morgan fingerprint density at radius 1 is 1.04 bits per heavy atom. The van der Waals surface area contributed by atoms with E-state index in [0.29, 0.717) is 12.4 Å². The van der Waals surface area contributed by atoms with Crippen LogP contribution in [0.5, 0.6) is 5.75 Å². The van der Waals surface area contributed by atoms with Crippen LogP contribution in [0.25, 0.3) is 0 Å². The molecule has 2 aromatic carbocycles. The summed E-state index contributed by atoms with van der Waals surface area (Å²) in [6, 6.07) is 16.5. The molecule has 124 valence electrons. The number of hydrogen-bond acceptors (Lipinski definition) is 6. The zero-order valence-electron chi connectivity index (χ0n) is 12.8. The molecule has 0 saturated carbocycles. The van der Waals surface area contributed by atoms with Gasteiger partial charge in [-0.25, -0.2) is 4.39 Å². The lowest BCUT2D eigenvalue weighted by atomic mass is 10.2. The van der Waals surface area contributed by atoms with Crippen molar-refractivity contribution in [2.24, 2.45) is 0 Å². The summed E-state index contributed by atoms with van der Waals surface area (Å²) in [5.41, 5.74) is 1.19. The van der Waals surface area contributed by atoms with E-state index < -0.39 is 0 Å². The molecule has 1 N–H and O–H groups in total. The first-order valence-corrected chi connectivity index (χ1v) is 9.23. The average molecular weight is 361 g/mol. The molecule has 0 aliphatic carbocycles. The van der Waals surface area contributed by atoms with Crippen LogP contribution in [0.3, 0.4) is 0 Å². The summed E-state index contributed by atoms with van der Waals surface area (Å²) < 4.78 is 19.7. The van der Waals surface area contributed by atoms with Gasteiger partial charge in [0, 0.05) is 12.3 Å². The third kappa shape index (κ3) is 4.94. The standard InChI is InChI=1S/C17H16FN3OS2/c18-14-8-4-5-9-15(14)22-10-11-23-17-21-20-16(24-17)19-12-13-6-2-1-3-7-13/h1-9H,10-12H2,(H,19,20). The zero-order chi connectivity index (χ0) is 16.6. The van der Waals surface area contributed by atoms with Crippen molar-refractivity contribution in [1.82, 2.24) is 10.2 Å². The van der Waals surface area contributed by atoms with Gasteiger partial charge in [0.2, 0.25) is 5.13 Å². The van der Waals surface area contributed by atoms with Gasteiger partial charge >= 0.3 is 0 Å². The van der Waals surface area contributed by atoms with Gasteiger partial charge in [0.25, 0.3) is 0 Å². The van der Waals surface area contributed by atoms with E-state index in [-0.39, 0.29) is 11.6 Å². The Kier molecular flexibility index (Phi) is 6.03. The summed E-state index contributed by atoms with van der Waals surface area (Å²) >= 11 is 3.05. The first kappa shape index (κ1) is 16.7. The molecule has 0 bridgehead atoms. The molecular weight excluding hydrogens is 345 g/mol. The second kappa shape index (κ2) is 8.65. The summed E-state index contributed by atoms with van der Waals surface area (Å²) in [4.78, 5) is 0. The van der Waals surface area contributed by atoms with Crippen LogP contribution in [0.4, 0.5) is 9.52 Å². The highest BCUT2D eigenvalue weighted by Gasteiger charge is 2.06. The van der Waals surface area contributed by atoms with Crippen molar-refractivity contribution in [2.45, 2.75) is 10.9 Å². The quantitative estimate of drug-likeness (QED) is 0.474. The highest BCUT2D eigenvalue weighted by Crippen LogP contribution is 2.26. The third-order valence-electron chi connectivity index (χ3n) is 3.10. The summed E-state index contributed by atoms with van der Waals surface area (Å²) in [5.74, 6) is 0.619. The summed E-state index contributed by atoms with van der Waals surface area (Å²) in [5, 5.41) is 12.3. The van der Waals surface area contributed by atoms with Gasteiger partial charge in [0.05, 0.1) is 6.61 Å². The fraction of sp³-hybridized carbons (Fsp3) is 0.176. The van der Waals surface area contributed by atoms with E-state index in [1.807, 2.05) is 18.2 Å². The Hall–Kier alpha value is -2.12. The largest absolute Gasteiger partial charge is 0.490 e. The van der Waals surface area contributed by atoms with Gasteiger partial charge < -0.3 is 10.1 Å². The lowest BCUT2D eigenvalue weighted by Gasteiger charge is -2.05.